The summed E-state index contributed by atoms with van der Waals surface area (Å²) in [5, 5.41) is 0. The summed E-state index contributed by atoms with van der Waals surface area (Å²) in [6.07, 6.45) is 0. The zero-order valence-corrected chi connectivity index (χ0v) is 9.01. The van der Waals surface area contributed by atoms with Crippen molar-refractivity contribution in [2.24, 2.45) is 0 Å². The zero-order chi connectivity index (χ0) is 10.9. The van der Waals surface area contributed by atoms with Crippen molar-refractivity contribution < 1.29 is 19.4 Å². The zero-order valence-electron chi connectivity index (χ0n) is 9.01. The summed E-state index contributed by atoms with van der Waals surface area (Å²) >= 11 is 0. The molecule has 5 heteroatoms. The molecular formula is C10H15BO4. The molecule has 1 aromatic rings. The monoisotopic (exact) mass is 210 g/mol. The lowest BCUT2D eigenvalue weighted by Crippen LogP contribution is -2.37. The van der Waals surface area contributed by atoms with Gasteiger partial charge in [0.15, 0.2) is 0 Å². The first-order valence-electron chi connectivity index (χ1n) is 5.00. The lowest BCUT2D eigenvalue weighted by atomic mass is 9.80. The Balaban J connectivity index is 2.55. The highest BCUT2D eigenvalue weighted by Gasteiger charge is 2.23. The maximum absolute atomic E-state index is 5.03. The highest BCUT2D eigenvalue weighted by atomic mass is 17.3. The highest BCUT2D eigenvalue weighted by molar-refractivity contribution is 6.60. The Labute approximate surface area is 90.1 Å². The van der Waals surface area contributed by atoms with E-state index in [1.54, 1.807) is 0 Å². The van der Waals surface area contributed by atoms with E-state index >= 15 is 0 Å². The molecule has 0 fully saturated rings. The van der Waals surface area contributed by atoms with Crippen LogP contribution in [0.1, 0.15) is 13.8 Å². The molecule has 0 N–H and O–H groups in total. The van der Waals surface area contributed by atoms with E-state index < -0.39 is 7.12 Å². The Bertz CT molecular complexity index is 247. The molecule has 4 nitrogen and oxygen atoms in total. The van der Waals surface area contributed by atoms with Crippen molar-refractivity contribution in [1.29, 1.82) is 0 Å². The second-order valence-corrected chi connectivity index (χ2v) is 2.75. The Morgan fingerprint density at radius 3 is 1.93 bits per heavy atom. The maximum Gasteiger partial charge on any atom is 0.554 e. The van der Waals surface area contributed by atoms with Gasteiger partial charge < -0.3 is 0 Å². The molecule has 1 aromatic carbocycles. The fourth-order valence-electron chi connectivity index (χ4n) is 0.997. The first kappa shape index (κ1) is 12.2. The molecule has 0 aliphatic carbocycles. The summed E-state index contributed by atoms with van der Waals surface area (Å²) < 4.78 is 0. The molecule has 0 aliphatic rings. The Hall–Kier alpha value is -0.875. The van der Waals surface area contributed by atoms with E-state index in [0.717, 1.165) is 5.46 Å². The minimum atomic E-state index is -0.647. The quantitative estimate of drug-likeness (QED) is 0.386. The second kappa shape index (κ2) is 7.42. The van der Waals surface area contributed by atoms with Gasteiger partial charge in [0.1, 0.15) is 0 Å². The maximum atomic E-state index is 5.03. The van der Waals surface area contributed by atoms with Crippen molar-refractivity contribution in [3.05, 3.63) is 30.3 Å². The van der Waals surface area contributed by atoms with Crippen molar-refractivity contribution in [3.63, 3.8) is 0 Å². The van der Waals surface area contributed by atoms with Crippen LogP contribution in [0.3, 0.4) is 0 Å². The molecule has 0 aliphatic heterocycles. The first-order chi connectivity index (χ1) is 7.38. The van der Waals surface area contributed by atoms with Gasteiger partial charge in [0.05, 0.1) is 13.2 Å². The molecule has 0 spiro atoms. The Morgan fingerprint density at radius 1 is 0.933 bits per heavy atom. The molecule has 0 saturated heterocycles. The molecule has 0 saturated carbocycles. The van der Waals surface area contributed by atoms with Crippen molar-refractivity contribution in [2.75, 3.05) is 13.2 Å². The third-order valence-electron chi connectivity index (χ3n) is 1.62. The largest absolute Gasteiger partial charge is 0.554 e. The second-order valence-electron chi connectivity index (χ2n) is 2.75. The molecule has 0 amide bonds. The van der Waals surface area contributed by atoms with Crippen LogP contribution in [-0.4, -0.2) is 20.3 Å². The van der Waals surface area contributed by atoms with Gasteiger partial charge in [-0.05, 0) is 19.3 Å². The number of rotatable bonds is 7. The lowest BCUT2D eigenvalue weighted by molar-refractivity contribution is -0.275. The van der Waals surface area contributed by atoms with E-state index in [-0.39, 0.29) is 0 Å². The Morgan fingerprint density at radius 2 is 1.47 bits per heavy atom. The van der Waals surface area contributed by atoms with Gasteiger partial charge in [-0.3, -0.25) is 9.61 Å². The molecule has 0 radical (unpaired) electrons. The normalized spacial score (nSPS) is 10.3. The van der Waals surface area contributed by atoms with Crippen molar-refractivity contribution in [2.45, 2.75) is 13.8 Å². The average Bonchev–Trinajstić information content (AvgIpc) is 2.30. The van der Waals surface area contributed by atoms with Gasteiger partial charge in [-0.2, -0.15) is 0 Å². The minimum Gasteiger partial charge on any atom is -0.255 e. The summed E-state index contributed by atoms with van der Waals surface area (Å²) in [5.41, 5.74) is 0.847. The molecular weight excluding hydrogens is 195 g/mol. The molecule has 0 atom stereocenters. The molecule has 15 heavy (non-hydrogen) atoms. The molecule has 0 heterocycles. The fraction of sp³-hybridized carbons (Fsp3) is 0.400. The van der Waals surface area contributed by atoms with Crippen LogP contribution in [0.5, 0.6) is 0 Å². The number of hydrogen-bond donors (Lipinski definition) is 0. The van der Waals surface area contributed by atoms with E-state index in [2.05, 4.69) is 0 Å². The van der Waals surface area contributed by atoms with Crippen molar-refractivity contribution in [1.82, 2.24) is 0 Å². The molecule has 0 unspecified atom stereocenters. The summed E-state index contributed by atoms with van der Waals surface area (Å²) in [6, 6.07) is 9.47. The molecule has 0 bridgehead atoms. The van der Waals surface area contributed by atoms with Gasteiger partial charge >= 0.3 is 7.12 Å². The first-order valence-corrected chi connectivity index (χ1v) is 5.00. The summed E-state index contributed by atoms with van der Waals surface area (Å²) in [7, 11) is -0.647. The standard InChI is InChI=1S/C10H15BO4/c1-3-12-14-11(15-13-4-2)10-8-6-5-7-9-10/h5-9H,3-4H2,1-2H3. The van der Waals surface area contributed by atoms with Crippen LogP contribution < -0.4 is 5.46 Å². The van der Waals surface area contributed by atoms with Crippen LogP contribution in [0.15, 0.2) is 30.3 Å². The number of benzene rings is 1. The lowest BCUT2D eigenvalue weighted by Gasteiger charge is -2.11. The van der Waals surface area contributed by atoms with E-state index in [9.17, 15) is 0 Å². The average molecular weight is 210 g/mol. The van der Waals surface area contributed by atoms with Crippen molar-refractivity contribution >= 4 is 12.6 Å². The topological polar surface area (TPSA) is 36.9 Å². The van der Waals surface area contributed by atoms with Crippen LogP contribution in [0.2, 0.25) is 0 Å². The van der Waals surface area contributed by atoms with Gasteiger partial charge in [-0.1, -0.05) is 30.3 Å². The molecule has 0 aromatic heterocycles. The minimum absolute atomic E-state index is 0.457. The van der Waals surface area contributed by atoms with Gasteiger partial charge in [-0.25, -0.2) is 9.78 Å². The number of hydrogen-bond acceptors (Lipinski definition) is 4. The molecule has 82 valence electrons. The third kappa shape index (κ3) is 4.44. The van der Waals surface area contributed by atoms with Gasteiger partial charge in [0.25, 0.3) is 0 Å². The van der Waals surface area contributed by atoms with Crippen LogP contribution in [0.4, 0.5) is 0 Å². The summed E-state index contributed by atoms with van der Waals surface area (Å²) in [6.45, 7) is 4.59. The van der Waals surface area contributed by atoms with Crippen LogP contribution >= 0.6 is 0 Å². The van der Waals surface area contributed by atoms with Gasteiger partial charge in [0.2, 0.25) is 0 Å². The highest BCUT2D eigenvalue weighted by Crippen LogP contribution is 1.95. The van der Waals surface area contributed by atoms with Gasteiger partial charge in [0, 0.05) is 0 Å². The fourth-order valence-corrected chi connectivity index (χ4v) is 0.997. The van der Waals surface area contributed by atoms with E-state index in [0.29, 0.717) is 13.2 Å². The summed E-state index contributed by atoms with van der Waals surface area (Å²) in [4.78, 5) is 19.7. The predicted molar refractivity (Wildman–Crippen MR) is 57.3 cm³/mol. The van der Waals surface area contributed by atoms with Crippen LogP contribution in [0.25, 0.3) is 0 Å². The Kier molecular flexibility index (Phi) is 6.03. The van der Waals surface area contributed by atoms with Gasteiger partial charge in [-0.15, -0.1) is 0 Å². The SMILES string of the molecule is CCOOB(OOCC)c1ccccc1. The van der Waals surface area contributed by atoms with Crippen molar-refractivity contribution in [3.8, 4) is 0 Å². The molecule has 1 rings (SSSR count). The predicted octanol–water partition coefficient (Wildman–Crippen LogP) is 1.32. The van der Waals surface area contributed by atoms with E-state index in [4.69, 9.17) is 19.4 Å². The van der Waals surface area contributed by atoms with Crippen LogP contribution in [0, 0.1) is 0 Å². The van der Waals surface area contributed by atoms with E-state index in [1.807, 2.05) is 44.2 Å². The van der Waals surface area contributed by atoms with Crippen LogP contribution in [-0.2, 0) is 19.4 Å². The van der Waals surface area contributed by atoms with E-state index in [1.165, 1.54) is 0 Å². The third-order valence-corrected chi connectivity index (χ3v) is 1.62. The summed E-state index contributed by atoms with van der Waals surface area (Å²) in [5.74, 6) is 0. The smallest absolute Gasteiger partial charge is 0.255 e.